The van der Waals surface area contributed by atoms with Crippen LogP contribution in [0, 0.1) is 0 Å². The topological polar surface area (TPSA) is 23.6 Å². The summed E-state index contributed by atoms with van der Waals surface area (Å²) in [6, 6.07) is 16.1. The van der Waals surface area contributed by atoms with Crippen LogP contribution in [-0.2, 0) is 0 Å². The second-order valence-corrected chi connectivity index (χ2v) is 7.24. The Morgan fingerprint density at radius 2 is 1.76 bits per heavy atom. The van der Waals surface area contributed by atoms with Crippen LogP contribution in [0.2, 0.25) is 0 Å². The van der Waals surface area contributed by atoms with Crippen molar-refractivity contribution in [3.63, 3.8) is 0 Å². The molecule has 1 unspecified atom stereocenters. The van der Waals surface area contributed by atoms with Crippen LogP contribution in [0.4, 0.5) is 5.69 Å². The van der Waals surface area contributed by atoms with E-state index in [1.54, 1.807) is 0 Å². The number of amides is 1. The van der Waals surface area contributed by atoms with E-state index in [0.29, 0.717) is 5.92 Å². The Morgan fingerprint density at radius 3 is 2.56 bits per heavy atom. The molecule has 126 valence electrons. The lowest BCUT2D eigenvalue weighted by Crippen LogP contribution is -2.29. The quantitative estimate of drug-likeness (QED) is 0.821. The Kier molecular flexibility index (Phi) is 3.40. The molecule has 3 heteroatoms. The van der Waals surface area contributed by atoms with E-state index in [1.165, 1.54) is 29.7 Å². The number of carbonyl (C=O) groups excluding carboxylic acids is 1. The van der Waals surface area contributed by atoms with Gasteiger partial charge >= 0.3 is 0 Å². The summed E-state index contributed by atoms with van der Waals surface area (Å²) in [5, 5.41) is 0. The minimum atomic E-state index is 0.117. The Morgan fingerprint density at radius 1 is 0.960 bits per heavy atom. The average Bonchev–Trinajstić information content (AvgIpc) is 3.32. The number of nitrogens with zero attached hydrogens (tertiary/aromatic N) is 2. The maximum atomic E-state index is 13.0. The third-order valence-electron chi connectivity index (χ3n) is 5.77. The molecule has 2 aromatic rings. The molecule has 1 atom stereocenters. The molecule has 0 bridgehead atoms. The molecule has 0 spiro atoms. The number of rotatable bonds is 2. The molecule has 0 radical (unpaired) electrons. The molecule has 3 nitrogen and oxygen atoms in total. The zero-order valence-electron chi connectivity index (χ0n) is 14.3. The van der Waals surface area contributed by atoms with Gasteiger partial charge in [-0.25, -0.2) is 0 Å². The Labute approximate surface area is 148 Å². The SMILES string of the molecule is O=C(c1ccccc1)N1CC2CC=C(N3CCCC3)c3cccc1c32. The molecule has 25 heavy (non-hydrogen) atoms. The first kappa shape index (κ1) is 14.8. The summed E-state index contributed by atoms with van der Waals surface area (Å²) in [6.07, 6.45) is 6.01. The van der Waals surface area contributed by atoms with Crippen molar-refractivity contribution >= 4 is 17.3 Å². The maximum absolute atomic E-state index is 13.0. The first-order valence-electron chi connectivity index (χ1n) is 9.28. The molecule has 1 saturated heterocycles. The van der Waals surface area contributed by atoms with E-state index in [0.717, 1.165) is 37.3 Å². The summed E-state index contributed by atoms with van der Waals surface area (Å²) < 4.78 is 0. The van der Waals surface area contributed by atoms with E-state index >= 15 is 0 Å². The zero-order chi connectivity index (χ0) is 16.8. The van der Waals surface area contributed by atoms with Crippen molar-refractivity contribution in [2.75, 3.05) is 24.5 Å². The molecular formula is C22H22N2O. The van der Waals surface area contributed by atoms with Crippen molar-refractivity contribution in [2.24, 2.45) is 0 Å². The van der Waals surface area contributed by atoms with Crippen molar-refractivity contribution in [1.82, 2.24) is 4.90 Å². The van der Waals surface area contributed by atoms with Gasteiger partial charge in [0.15, 0.2) is 0 Å². The summed E-state index contributed by atoms with van der Waals surface area (Å²) in [6.45, 7) is 3.11. The first-order chi connectivity index (χ1) is 12.3. The number of hydrogen-bond acceptors (Lipinski definition) is 2. The number of anilines is 1. The molecule has 1 fully saturated rings. The van der Waals surface area contributed by atoms with Crippen molar-refractivity contribution in [1.29, 1.82) is 0 Å². The van der Waals surface area contributed by atoms with Gasteiger partial charge in [0.25, 0.3) is 5.91 Å². The van der Waals surface area contributed by atoms with Crippen LogP contribution in [0.3, 0.4) is 0 Å². The number of benzene rings is 2. The van der Waals surface area contributed by atoms with Crippen LogP contribution in [0.15, 0.2) is 54.6 Å². The van der Waals surface area contributed by atoms with E-state index in [-0.39, 0.29) is 5.91 Å². The van der Waals surface area contributed by atoms with Gasteiger partial charge in [-0.05, 0) is 43.0 Å². The third-order valence-corrected chi connectivity index (χ3v) is 5.77. The van der Waals surface area contributed by atoms with Crippen molar-refractivity contribution < 1.29 is 4.79 Å². The predicted octanol–water partition coefficient (Wildman–Crippen LogP) is 4.27. The van der Waals surface area contributed by atoms with Crippen LogP contribution >= 0.6 is 0 Å². The molecule has 1 amide bonds. The maximum Gasteiger partial charge on any atom is 0.258 e. The number of carbonyl (C=O) groups is 1. The molecular weight excluding hydrogens is 308 g/mol. The highest BCUT2D eigenvalue weighted by Crippen LogP contribution is 2.47. The molecule has 1 aliphatic carbocycles. The Balaban J connectivity index is 1.55. The van der Waals surface area contributed by atoms with Gasteiger partial charge in [-0.3, -0.25) is 4.79 Å². The summed E-state index contributed by atoms with van der Waals surface area (Å²) >= 11 is 0. The lowest BCUT2D eigenvalue weighted by Gasteiger charge is -2.28. The fourth-order valence-electron chi connectivity index (χ4n) is 4.59. The van der Waals surface area contributed by atoms with E-state index in [9.17, 15) is 4.79 Å². The van der Waals surface area contributed by atoms with Crippen LogP contribution in [0.5, 0.6) is 0 Å². The van der Waals surface area contributed by atoms with Gasteiger partial charge in [-0.15, -0.1) is 0 Å². The van der Waals surface area contributed by atoms with Crippen LogP contribution in [0.1, 0.15) is 46.7 Å². The minimum absolute atomic E-state index is 0.117. The molecule has 0 N–H and O–H groups in total. The fourth-order valence-corrected chi connectivity index (χ4v) is 4.59. The largest absolute Gasteiger partial charge is 0.371 e. The lowest BCUT2D eigenvalue weighted by atomic mass is 9.86. The number of hydrogen-bond donors (Lipinski definition) is 0. The van der Waals surface area contributed by atoms with Crippen LogP contribution in [-0.4, -0.2) is 30.4 Å². The zero-order valence-corrected chi connectivity index (χ0v) is 14.3. The lowest BCUT2D eigenvalue weighted by molar-refractivity contribution is 0.0988. The van der Waals surface area contributed by atoms with Crippen molar-refractivity contribution in [3.05, 3.63) is 71.3 Å². The van der Waals surface area contributed by atoms with Crippen molar-refractivity contribution in [3.8, 4) is 0 Å². The molecule has 2 aromatic carbocycles. The van der Waals surface area contributed by atoms with E-state index in [2.05, 4.69) is 29.2 Å². The average molecular weight is 330 g/mol. The molecule has 0 saturated carbocycles. The third kappa shape index (κ3) is 2.30. The second-order valence-electron chi connectivity index (χ2n) is 7.24. The van der Waals surface area contributed by atoms with E-state index in [4.69, 9.17) is 0 Å². The van der Waals surface area contributed by atoms with Crippen LogP contribution in [0.25, 0.3) is 5.70 Å². The van der Waals surface area contributed by atoms with Gasteiger partial charge in [-0.1, -0.05) is 36.4 Å². The van der Waals surface area contributed by atoms with E-state index < -0.39 is 0 Å². The first-order valence-corrected chi connectivity index (χ1v) is 9.28. The minimum Gasteiger partial charge on any atom is -0.371 e. The summed E-state index contributed by atoms with van der Waals surface area (Å²) in [5.41, 5.74) is 6.00. The van der Waals surface area contributed by atoms with Crippen molar-refractivity contribution in [2.45, 2.75) is 25.2 Å². The molecule has 2 heterocycles. The predicted molar refractivity (Wildman–Crippen MR) is 101 cm³/mol. The Hall–Kier alpha value is -2.55. The normalized spacial score (nSPS) is 21.3. The van der Waals surface area contributed by atoms with Gasteiger partial charge in [0.2, 0.25) is 0 Å². The standard InChI is InChI=1S/C22H22N2O/c25-22(16-7-2-1-3-8-16)24-15-17-11-12-19(23-13-4-5-14-23)18-9-6-10-20(24)21(17)18/h1-3,6-10,12,17H,4-5,11,13-15H2. The number of allylic oxidation sites excluding steroid dienone is 1. The van der Waals surface area contributed by atoms with Gasteiger partial charge in [0.05, 0.1) is 0 Å². The van der Waals surface area contributed by atoms with Gasteiger partial charge in [0.1, 0.15) is 0 Å². The second kappa shape index (κ2) is 5.76. The Bertz CT molecular complexity index is 850. The highest BCUT2D eigenvalue weighted by Gasteiger charge is 2.37. The highest BCUT2D eigenvalue weighted by molar-refractivity contribution is 6.08. The smallest absolute Gasteiger partial charge is 0.258 e. The van der Waals surface area contributed by atoms with E-state index in [1.807, 2.05) is 35.2 Å². The molecule has 3 aliphatic rings. The molecule has 0 aromatic heterocycles. The summed E-state index contributed by atoms with van der Waals surface area (Å²) in [5.74, 6) is 0.552. The summed E-state index contributed by atoms with van der Waals surface area (Å²) in [7, 11) is 0. The van der Waals surface area contributed by atoms with Crippen LogP contribution < -0.4 is 4.90 Å². The highest BCUT2D eigenvalue weighted by atomic mass is 16.2. The van der Waals surface area contributed by atoms with Gasteiger partial charge in [-0.2, -0.15) is 0 Å². The van der Waals surface area contributed by atoms with Gasteiger partial charge < -0.3 is 9.80 Å². The summed E-state index contributed by atoms with van der Waals surface area (Å²) in [4.78, 5) is 17.5. The number of likely N-dealkylation sites (tertiary alicyclic amines) is 1. The molecule has 2 aliphatic heterocycles. The van der Waals surface area contributed by atoms with Gasteiger partial charge in [0, 0.05) is 48.1 Å². The monoisotopic (exact) mass is 330 g/mol. The fraction of sp³-hybridized carbons (Fsp3) is 0.318. The molecule has 5 rings (SSSR count).